The number of aryl methyl sites for hydroxylation is 1. The van der Waals surface area contributed by atoms with Crippen LogP contribution in [0.4, 0.5) is 0 Å². The van der Waals surface area contributed by atoms with E-state index in [2.05, 4.69) is 15.3 Å². The Morgan fingerprint density at radius 1 is 1.30 bits per heavy atom. The molecule has 1 aliphatic rings. The molecule has 0 aromatic carbocycles. The Hall–Kier alpha value is -2.74. The van der Waals surface area contributed by atoms with Gasteiger partial charge in [-0.2, -0.15) is 0 Å². The van der Waals surface area contributed by atoms with E-state index in [1.165, 1.54) is 0 Å². The minimum absolute atomic E-state index is 0.0221. The molecule has 2 amide bonds. The minimum atomic E-state index is -0.282. The lowest BCUT2D eigenvalue weighted by molar-refractivity contribution is -0.140. The van der Waals surface area contributed by atoms with Crippen molar-refractivity contribution in [1.29, 1.82) is 0 Å². The van der Waals surface area contributed by atoms with Crippen molar-refractivity contribution in [3.05, 3.63) is 48.3 Å². The maximum Gasteiger partial charge on any atom is 0.226 e. The third kappa shape index (κ3) is 5.89. The number of hydrogen-bond donors (Lipinski definition) is 1. The van der Waals surface area contributed by atoms with E-state index in [0.29, 0.717) is 19.6 Å². The van der Waals surface area contributed by atoms with Crippen molar-refractivity contribution in [2.75, 3.05) is 20.6 Å². The summed E-state index contributed by atoms with van der Waals surface area (Å²) >= 11 is 0. The van der Waals surface area contributed by atoms with Crippen LogP contribution >= 0.6 is 0 Å². The SMILES string of the molecule is CN1CC(NCc2nccn2C)CCCC(C(=O)N(C)Cc2cccnc2)CC1=O. The lowest BCUT2D eigenvalue weighted by Gasteiger charge is -2.25. The van der Waals surface area contributed by atoms with Crippen molar-refractivity contribution in [2.45, 2.75) is 44.8 Å². The van der Waals surface area contributed by atoms with Gasteiger partial charge in [-0.3, -0.25) is 14.6 Å². The first-order valence-corrected chi connectivity index (χ1v) is 10.5. The fourth-order valence-corrected chi connectivity index (χ4v) is 3.94. The van der Waals surface area contributed by atoms with Crippen molar-refractivity contribution in [1.82, 2.24) is 29.7 Å². The number of likely N-dealkylation sites (N-methyl/N-ethyl adjacent to an activating group) is 1. The maximum atomic E-state index is 13.0. The third-order valence-corrected chi connectivity index (χ3v) is 5.78. The van der Waals surface area contributed by atoms with Crippen molar-refractivity contribution >= 4 is 11.8 Å². The Balaban J connectivity index is 1.59. The van der Waals surface area contributed by atoms with E-state index < -0.39 is 0 Å². The number of hydrogen-bond acceptors (Lipinski definition) is 5. The van der Waals surface area contributed by atoms with Gasteiger partial charge in [-0.25, -0.2) is 4.98 Å². The molecule has 1 N–H and O–H groups in total. The highest BCUT2D eigenvalue weighted by molar-refractivity contribution is 5.85. The van der Waals surface area contributed by atoms with Crippen LogP contribution in [0.3, 0.4) is 0 Å². The van der Waals surface area contributed by atoms with Crippen LogP contribution in [-0.2, 0) is 29.7 Å². The van der Waals surface area contributed by atoms with Gasteiger partial charge in [0.1, 0.15) is 5.82 Å². The topological polar surface area (TPSA) is 83.4 Å². The van der Waals surface area contributed by atoms with Crippen LogP contribution in [0.2, 0.25) is 0 Å². The minimum Gasteiger partial charge on any atom is -0.344 e. The highest BCUT2D eigenvalue weighted by atomic mass is 16.2. The summed E-state index contributed by atoms with van der Waals surface area (Å²) in [7, 11) is 5.60. The van der Waals surface area contributed by atoms with Gasteiger partial charge in [-0.05, 0) is 24.5 Å². The molecule has 3 heterocycles. The summed E-state index contributed by atoms with van der Waals surface area (Å²) in [5.74, 6) is 0.734. The van der Waals surface area contributed by atoms with Gasteiger partial charge in [0, 0.05) is 77.4 Å². The molecule has 162 valence electrons. The summed E-state index contributed by atoms with van der Waals surface area (Å²) in [5, 5.41) is 3.53. The summed E-state index contributed by atoms with van der Waals surface area (Å²) in [6.45, 7) is 1.79. The van der Waals surface area contributed by atoms with Gasteiger partial charge in [0.2, 0.25) is 11.8 Å². The van der Waals surface area contributed by atoms with E-state index in [1.54, 1.807) is 35.4 Å². The molecule has 2 aromatic rings. The fraction of sp³-hybridized carbons (Fsp3) is 0.545. The number of pyridine rings is 1. The number of nitrogens with one attached hydrogen (secondary N) is 1. The molecule has 0 bridgehead atoms. The number of nitrogens with zero attached hydrogens (tertiary/aromatic N) is 5. The number of rotatable bonds is 6. The Bertz CT molecular complexity index is 837. The monoisotopic (exact) mass is 412 g/mol. The maximum absolute atomic E-state index is 13.0. The Morgan fingerprint density at radius 2 is 2.13 bits per heavy atom. The Morgan fingerprint density at radius 3 is 2.83 bits per heavy atom. The van der Waals surface area contributed by atoms with E-state index in [0.717, 1.165) is 30.7 Å². The number of carbonyl (C=O) groups is 2. The van der Waals surface area contributed by atoms with E-state index >= 15 is 0 Å². The molecule has 2 unspecified atom stereocenters. The first kappa shape index (κ1) is 22.0. The highest BCUT2D eigenvalue weighted by Gasteiger charge is 2.29. The molecule has 2 atom stereocenters. The second-order valence-electron chi connectivity index (χ2n) is 8.19. The number of imidazole rings is 1. The van der Waals surface area contributed by atoms with Crippen molar-refractivity contribution in [3.8, 4) is 0 Å². The van der Waals surface area contributed by atoms with Gasteiger partial charge in [0.25, 0.3) is 0 Å². The summed E-state index contributed by atoms with van der Waals surface area (Å²) in [6, 6.07) is 4.00. The van der Waals surface area contributed by atoms with Gasteiger partial charge in [-0.1, -0.05) is 12.5 Å². The normalized spacial score (nSPS) is 20.4. The zero-order chi connectivity index (χ0) is 21.5. The predicted molar refractivity (Wildman–Crippen MR) is 114 cm³/mol. The third-order valence-electron chi connectivity index (χ3n) is 5.78. The van der Waals surface area contributed by atoms with E-state index in [4.69, 9.17) is 0 Å². The van der Waals surface area contributed by atoms with E-state index in [-0.39, 0.29) is 30.2 Å². The molecule has 1 aliphatic heterocycles. The number of aromatic nitrogens is 3. The molecular weight excluding hydrogens is 380 g/mol. The average Bonchev–Trinajstić information content (AvgIpc) is 3.17. The molecule has 0 spiro atoms. The first-order valence-electron chi connectivity index (χ1n) is 10.5. The van der Waals surface area contributed by atoms with Crippen LogP contribution in [0.25, 0.3) is 0 Å². The van der Waals surface area contributed by atoms with Crippen LogP contribution < -0.4 is 5.32 Å². The zero-order valence-corrected chi connectivity index (χ0v) is 18.1. The summed E-state index contributed by atoms with van der Waals surface area (Å²) in [4.78, 5) is 37.7. The fourth-order valence-electron chi connectivity index (χ4n) is 3.94. The van der Waals surface area contributed by atoms with Crippen molar-refractivity contribution < 1.29 is 9.59 Å². The number of amides is 2. The van der Waals surface area contributed by atoms with Gasteiger partial charge in [-0.15, -0.1) is 0 Å². The Labute approximate surface area is 178 Å². The predicted octanol–water partition coefficient (Wildman–Crippen LogP) is 1.58. The number of carbonyl (C=O) groups excluding carboxylic acids is 2. The van der Waals surface area contributed by atoms with Gasteiger partial charge in [0.15, 0.2) is 0 Å². The van der Waals surface area contributed by atoms with Crippen LogP contribution in [0.5, 0.6) is 0 Å². The van der Waals surface area contributed by atoms with E-state index in [1.807, 2.05) is 37.0 Å². The van der Waals surface area contributed by atoms with Crippen LogP contribution in [0, 0.1) is 5.92 Å². The van der Waals surface area contributed by atoms with Crippen molar-refractivity contribution in [3.63, 3.8) is 0 Å². The Kier molecular flexibility index (Phi) is 7.57. The smallest absolute Gasteiger partial charge is 0.226 e. The van der Waals surface area contributed by atoms with Gasteiger partial charge in [0.05, 0.1) is 6.54 Å². The largest absolute Gasteiger partial charge is 0.344 e. The molecule has 8 heteroatoms. The molecule has 30 heavy (non-hydrogen) atoms. The molecule has 2 aromatic heterocycles. The van der Waals surface area contributed by atoms with Crippen LogP contribution in [0.1, 0.15) is 37.1 Å². The molecule has 1 fully saturated rings. The second-order valence-corrected chi connectivity index (χ2v) is 8.19. The molecular formula is C22H32N6O2. The summed E-state index contributed by atoms with van der Waals surface area (Å²) in [6.07, 6.45) is 9.99. The first-order chi connectivity index (χ1) is 14.4. The highest BCUT2D eigenvalue weighted by Crippen LogP contribution is 2.21. The summed E-state index contributed by atoms with van der Waals surface area (Å²) < 4.78 is 1.99. The van der Waals surface area contributed by atoms with Crippen LogP contribution in [-0.4, -0.2) is 62.8 Å². The van der Waals surface area contributed by atoms with Gasteiger partial charge >= 0.3 is 0 Å². The lowest BCUT2D eigenvalue weighted by Crippen LogP contribution is -2.42. The molecule has 0 aliphatic carbocycles. The molecule has 0 radical (unpaired) electrons. The second kappa shape index (κ2) is 10.3. The average molecular weight is 413 g/mol. The molecule has 1 saturated heterocycles. The zero-order valence-electron chi connectivity index (χ0n) is 18.1. The van der Waals surface area contributed by atoms with Crippen LogP contribution in [0.15, 0.2) is 36.9 Å². The summed E-state index contributed by atoms with van der Waals surface area (Å²) in [5.41, 5.74) is 0.985. The molecule has 0 saturated carbocycles. The van der Waals surface area contributed by atoms with Crippen molar-refractivity contribution in [2.24, 2.45) is 13.0 Å². The van der Waals surface area contributed by atoms with E-state index in [9.17, 15) is 9.59 Å². The quantitative estimate of drug-likeness (QED) is 0.779. The standard InChI is InChI=1S/C22H32N6O2/c1-26-11-10-24-20(26)14-25-19-8-4-7-18(12-21(29)27(2)16-19)22(30)28(3)15-17-6-5-9-23-13-17/h5-6,9-11,13,18-19,25H,4,7-8,12,14-16H2,1-3H3. The van der Waals surface area contributed by atoms with Gasteiger partial charge < -0.3 is 19.7 Å². The molecule has 3 rings (SSSR count). The molecule has 8 nitrogen and oxygen atoms in total. The lowest BCUT2D eigenvalue weighted by atomic mass is 9.95.